The molecule has 0 aromatic heterocycles. The van der Waals surface area contributed by atoms with Crippen LogP contribution in [-0.4, -0.2) is 38.2 Å². The average Bonchev–Trinajstić information content (AvgIpc) is 2.80. The maximum Gasteiger partial charge on any atom is 0.336 e. The van der Waals surface area contributed by atoms with Gasteiger partial charge >= 0.3 is 5.97 Å². The van der Waals surface area contributed by atoms with Crippen molar-refractivity contribution in [2.75, 3.05) is 10.8 Å². The van der Waals surface area contributed by atoms with E-state index in [4.69, 9.17) is 0 Å². The number of benzene rings is 3. The highest BCUT2D eigenvalue weighted by atomic mass is 32.2. The minimum absolute atomic E-state index is 0.0270. The zero-order valence-corrected chi connectivity index (χ0v) is 19.8. The van der Waals surface area contributed by atoms with Gasteiger partial charge in [-0.1, -0.05) is 42.0 Å². The summed E-state index contributed by atoms with van der Waals surface area (Å²) in [6, 6.07) is 17.7. The fraction of sp³-hybridized carbons (Fsp3) is 0.160. The second kappa shape index (κ2) is 10.3. The maximum absolute atomic E-state index is 13.4. The summed E-state index contributed by atoms with van der Waals surface area (Å²) in [4.78, 5) is 24.0. The van der Waals surface area contributed by atoms with E-state index >= 15 is 0 Å². The van der Waals surface area contributed by atoms with Gasteiger partial charge in [-0.05, 0) is 62.2 Å². The van der Waals surface area contributed by atoms with Crippen LogP contribution in [0.1, 0.15) is 32.6 Å². The van der Waals surface area contributed by atoms with Crippen molar-refractivity contribution in [1.82, 2.24) is 5.43 Å². The van der Waals surface area contributed by atoms with Gasteiger partial charge in [0.15, 0.2) is 0 Å². The molecule has 0 aliphatic carbocycles. The lowest BCUT2D eigenvalue weighted by molar-refractivity contribution is -0.119. The minimum atomic E-state index is -4.05. The largest absolute Gasteiger partial charge is 0.478 e. The Kier molecular flexibility index (Phi) is 7.47. The van der Waals surface area contributed by atoms with E-state index < -0.39 is 28.4 Å². The summed E-state index contributed by atoms with van der Waals surface area (Å²) in [7, 11) is -4.05. The van der Waals surface area contributed by atoms with E-state index in [1.807, 2.05) is 20.8 Å². The molecule has 3 rings (SSSR count). The molecule has 0 unspecified atom stereocenters. The maximum atomic E-state index is 13.4. The van der Waals surface area contributed by atoms with Gasteiger partial charge in [-0.2, -0.15) is 5.10 Å². The van der Waals surface area contributed by atoms with Crippen molar-refractivity contribution in [3.05, 3.63) is 94.5 Å². The molecular weight excluding hydrogens is 454 g/mol. The molecule has 0 spiro atoms. The van der Waals surface area contributed by atoms with Crippen LogP contribution in [0.25, 0.3) is 0 Å². The second-order valence-electron chi connectivity index (χ2n) is 7.78. The van der Waals surface area contributed by atoms with Gasteiger partial charge in [0.1, 0.15) is 6.54 Å². The van der Waals surface area contributed by atoms with Gasteiger partial charge in [0.2, 0.25) is 0 Å². The molecule has 0 aliphatic heterocycles. The molecule has 8 nitrogen and oxygen atoms in total. The van der Waals surface area contributed by atoms with Crippen molar-refractivity contribution in [1.29, 1.82) is 0 Å². The summed E-state index contributed by atoms with van der Waals surface area (Å²) in [6.45, 7) is 5.11. The van der Waals surface area contributed by atoms with Gasteiger partial charge in [0.05, 0.1) is 22.4 Å². The lowest BCUT2D eigenvalue weighted by atomic mass is 10.1. The Morgan fingerprint density at radius 2 is 1.65 bits per heavy atom. The third-order valence-electron chi connectivity index (χ3n) is 5.26. The number of carbonyl (C=O) groups excluding carboxylic acids is 1. The fourth-order valence-corrected chi connectivity index (χ4v) is 4.59. The third-order valence-corrected chi connectivity index (χ3v) is 7.05. The topological polar surface area (TPSA) is 116 Å². The Balaban J connectivity index is 1.88. The number of carboxylic acids is 1. The Hall–Kier alpha value is -3.98. The number of rotatable bonds is 8. The van der Waals surface area contributed by atoms with Crippen molar-refractivity contribution in [3.63, 3.8) is 0 Å². The average molecular weight is 480 g/mol. The number of anilines is 1. The van der Waals surface area contributed by atoms with Crippen molar-refractivity contribution >= 4 is 33.8 Å². The summed E-state index contributed by atoms with van der Waals surface area (Å²) in [5.41, 5.74) is 5.74. The number of sulfonamides is 1. The zero-order chi connectivity index (χ0) is 24.9. The molecule has 3 aromatic rings. The molecule has 3 aromatic carbocycles. The highest BCUT2D eigenvalue weighted by Crippen LogP contribution is 2.26. The first-order chi connectivity index (χ1) is 16.1. The Morgan fingerprint density at radius 1 is 0.971 bits per heavy atom. The predicted molar refractivity (Wildman–Crippen MR) is 131 cm³/mol. The number of hydrazone groups is 1. The van der Waals surface area contributed by atoms with E-state index in [9.17, 15) is 23.1 Å². The van der Waals surface area contributed by atoms with Crippen LogP contribution in [-0.2, 0) is 14.8 Å². The third kappa shape index (κ3) is 5.68. The van der Waals surface area contributed by atoms with Crippen LogP contribution in [0.15, 0.2) is 76.7 Å². The minimum Gasteiger partial charge on any atom is -0.478 e. The van der Waals surface area contributed by atoms with Crippen LogP contribution >= 0.6 is 0 Å². The fourth-order valence-electron chi connectivity index (χ4n) is 3.18. The van der Waals surface area contributed by atoms with Gasteiger partial charge in [-0.3, -0.25) is 9.10 Å². The number of nitrogens with zero attached hydrogens (tertiary/aromatic N) is 2. The first kappa shape index (κ1) is 24.7. The molecule has 0 aliphatic rings. The summed E-state index contributed by atoms with van der Waals surface area (Å²) in [6.07, 6.45) is 1.20. The molecule has 0 heterocycles. The summed E-state index contributed by atoms with van der Waals surface area (Å²) in [5, 5.41) is 13.1. The normalized spacial score (nSPS) is 11.4. The van der Waals surface area contributed by atoms with E-state index in [1.54, 1.807) is 48.5 Å². The quantitative estimate of drug-likeness (QED) is 0.378. The molecule has 0 radical (unpaired) electrons. The number of aryl methyl sites for hydroxylation is 3. The standard InChI is InChI=1S/C25H25N3O5S/c1-17-8-12-22(13-9-17)34(32,33)28(21-11-10-18(2)19(3)14-21)16-24(29)27-26-15-20-6-4-5-7-23(20)25(30)31/h4-15H,16H2,1-3H3,(H,27,29)(H,30,31)/b26-15-. The molecule has 9 heteroatoms. The SMILES string of the molecule is Cc1ccc(S(=O)(=O)N(CC(=O)N/N=C\c2ccccc2C(=O)O)c2ccc(C)c(C)c2)cc1. The molecule has 0 saturated carbocycles. The van der Waals surface area contributed by atoms with Gasteiger partial charge in [0, 0.05) is 5.56 Å². The number of amides is 1. The second-order valence-corrected chi connectivity index (χ2v) is 9.64. The van der Waals surface area contributed by atoms with Crippen molar-refractivity contribution in [2.24, 2.45) is 5.10 Å². The number of hydrogen-bond donors (Lipinski definition) is 2. The lowest BCUT2D eigenvalue weighted by Gasteiger charge is -2.24. The van der Waals surface area contributed by atoms with Gasteiger partial charge in [-0.15, -0.1) is 0 Å². The molecule has 0 saturated heterocycles. The number of aromatic carboxylic acids is 1. The van der Waals surface area contributed by atoms with Gasteiger partial charge in [0.25, 0.3) is 15.9 Å². The first-order valence-corrected chi connectivity index (χ1v) is 11.8. The van der Waals surface area contributed by atoms with E-state index in [-0.39, 0.29) is 10.5 Å². The number of hydrogen-bond acceptors (Lipinski definition) is 5. The smallest absolute Gasteiger partial charge is 0.336 e. The first-order valence-electron chi connectivity index (χ1n) is 10.4. The monoisotopic (exact) mass is 479 g/mol. The predicted octanol–water partition coefficient (Wildman–Crippen LogP) is 3.66. The summed E-state index contributed by atoms with van der Waals surface area (Å²) in [5.74, 6) is -1.81. The van der Waals surface area contributed by atoms with E-state index in [0.717, 1.165) is 21.0 Å². The van der Waals surface area contributed by atoms with Crippen LogP contribution in [0, 0.1) is 20.8 Å². The van der Waals surface area contributed by atoms with Crippen LogP contribution in [0.4, 0.5) is 5.69 Å². The molecule has 0 atom stereocenters. The van der Waals surface area contributed by atoms with E-state index in [0.29, 0.717) is 11.3 Å². The Labute approximate surface area is 198 Å². The van der Waals surface area contributed by atoms with Crippen LogP contribution in [0.3, 0.4) is 0 Å². The van der Waals surface area contributed by atoms with E-state index in [1.165, 1.54) is 24.4 Å². The lowest BCUT2D eigenvalue weighted by Crippen LogP contribution is -2.39. The molecule has 0 bridgehead atoms. The number of carbonyl (C=O) groups is 2. The highest BCUT2D eigenvalue weighted by molar-refractivity contribution is 7.92. The van der Waals surface area contributed by atoms with Gasteiger partial charge in [-0.25, -0.2) is 18.6 Å². The molecule has 34 heavy (non-hydrogen) atoms. The van der Waals surface area contributed by atoms with Crippen molar-refractivity contribution in [3.8, 4) is 0 Å². The number of carboxylic acid groups (broad SMARTS) is 1. The molecular formula is C25H25N3O5S. The molecule has 2 N–H and O–H groups in total. The molecule has 176 valence electrons. The van der Waals surface area contributed by atoms with Crippen LogP contribution < -0.4 is 9.73 Å². The molecule has 0 fully saturated rings. The Bertz CT molecular complexity index is 1350. The van der Waals surface area contributed by atoms with Crippen molar-refractivity contribution < 1.29 is 23.1 Å². The number of nitrogens with one attached hydrogen (secondary N) is 1. The summed E-state index contributed by atoms with van der Waals surface area (Å²) < 4.78 is 27.9. The van der Waals surface area contributed by atoms with Crippen molar-refractivity contribution in [2.45, 2.75) is 25.7 Å². The summed E-state index contributed by atoms with van der Waals surface area (Å²) >= 11 is 0. The van der Waals surface area contributed by atoms with E-state index in [2.05, 4.69) is 10.5 Å². The Morgan fingerprint density at radius 3 is 2.29 bits per heavy atom. The zero-order valence-electron chi connectivity index (χ0n) is 19.0. The van der Waals surface area contributed by atoms with Crippen LogP contribution in [0.5, 0.6) is 0 Å². The highest BCUT2D eigenvalue weighted by Gasteiger charge is 2.27. The van der Waals surface area contributed by atoms with Crippen LogP contribution in [0.2, 0.25) is 0 Å². The van der Waals surface area contributed by atoms with Gasteiger partial charge < -0.3 is 5.11 Å². The molecule has 1 amide bonds.